The summed E-state index contributed by atoms with van der Waals surface area (Å²) in [7, 11) is 0. The summed E-state index contributed by atoms with van der Waals surface area (Å²) in [6, 6.07) is 0.266. The number of hydrogen-bond donors (Lipinski definition) is 4. The van der Waals surface area contributed by atoms with E-state index in [1.54, 1.807) is 0 Å². The third-order valence-electron chi connectivity index (χ3n) is 3.52. The van der Waals surface area contributed by atoms with Crippen molar-refractivity contribution in [3.05, 3.63) is 5.56 Å². The number of anilines is 2. The summed E-state index contributed by atoms with van der Waals surface area (Å²) in [5.41, 5.74) is 5.26. The summed E-state index contributed by atoms with van der Waals surface area (Å²) in [5.74, 6) is 0.0289. The van der Waals surface area contributed by atoms with Crippen molar-refractivity contribution in [2.24, 2.45) is 0 Å². The third-order valence-corrected chi connectivity index (χ3v) is 4.34. The Balaban J connectivity index is 1.67. The zero-order valence-corrected chi connectivity index (χ0v) is 11.8. The molecule has 8 heteroatoms. The second-order valence-electron chi connectivity index (χ2n) is 5.40. The number of nitrogens with two attached hydrogens (primary N) is 1. The van der Waals surface area contributed by atoms with E-state index < -0.39 is 5.60 Å². The summed E-state index contributed by atoms with van der Waals surface area (Å²) in [6.07, 6.45) is 2.62. The second kappa shape index (κ2) is 5.19. The summed E-state index contributed by atoms with van der Waals surface area (Å²) in [6.45, 7) is 1.17. The minimum atomic E-state index is -0.886. The van der Waals surface area contributed by atoms with Gasteiger partial charge in [0.25, 0.3) is 5.91 Å². The van der Waals surface area contributed by atoms with Crippen LogP contribution in [0.3, 0.4) is 0 Å². The average Bonchev–Trinajstić information content (AvgIpc) is 2.98. The van der Waals surface area contributed by atoms with Crippen LogP contribution in [0.15, 0.2) is 0 Å². The van der Waals surface area contributed by atoms with Gasteiger partial charge in [-0.05, 0) is 24.4 Å². The van der Waals surface area contributed by atoms with Crippen LogP contribution >= 0.6 is 11.5 Å². The van der Waals surface area contributed by atoms with Crippen molar-refractivity contribution in [3.63, 3.8) is 0 Å². The Morgan fingerprint density at radius 3 is 3.05 bits per heavy atom. The highest BCUT2D eigenvalue weighted by molar-refractivity contribution is 7.11. The molecule has 2 fully saturated rings. The van der Waals surface area contributed by atoms with Crippen LogP contribution in [0.25, 0.3) is 0 Å². The maximum absolute atomic E-state index is 12.1. The van der Waals surface area contributed by atoms with E-state index in [0.717, 1.165) is 24.4 Å². The van der Waals surface area contributed by atoms with Crippen LogP contribution in [-0.2, 0) is 4.74 Å². The summed E-state index contributed by atoms with van der Waals surface area (Å²) >= 11 is 1.14. The van der Waals surface area contributed by atoms with Crippen LogP contribution in [0.2, 0.25) is 0 Å². The van der Waals surface area contributed by atoms with E-state index in [2.05, 4.69) is 15.0 Å². The van der Waals surface area contributed by atoms with Crippen molar-refractivity contribution in [3.8, 4) is 0 Å². The van der Waals surface area contributed by atoms with Crippen molar-refractivity contribution < 1.29 is 14.6 Å². The van der Waals surface area contributed by atoms with Crippen LogP contribution in [0.4, 0.5) is 10.8 Å². The fraction of sp³-hybridized carbons (Fsp3) is 0.667. The van der Waals surface area contributed by atoms with Crippen LogP contribution < -0.4 is 16.4 Å². The van der Waals surface area contributed by atoms with Crippen molar-refractivity contribution >= 4 is 28.3 Å². The number of hydrogen-bond acceptors (Lipinski definition) is 7. The van der Waals surface area contributed by atoms with Gasteiger partial charge in [0.05, 0.1) is 6.61 Å². The third kappa shape index (κ3) is 2.87. The molecule has 0 spiro atoms. The first-order chi connectivity index (χ1) is 9.57. The lowest BCUT2D eigenvalue weighted by molar-refractivity contribution is 0.0382. The fourth-order valence-electron chi connectivity index (χ4n) is 2.11. The average molecular weight is 298 g/mol. The molecule has 1 unspecified atom stereocenters. The first-order valence-electron chi connectivity index (χ1n) is 6.67. The molecule has 1 aliphatic carbocycles. The lowest BCUT2D eigenvalue weighted by Crippen LogP contribution is -2.37. The van der Waals surface area contributed by atoms with Gasteiger partial charge in [-0.15, -0.1) is 0 Å². The Labute approximate surface area is 120 Å². The number of aromatic nitrogens is 1. The predicted molar refractivity (Wildman–Crippen MR) is 75.9 cm³/mol. The van der Waals surface area contributed by atoms with Gasteiger partial charge in [0, 0.05) is 25.6 Å². The molecule has 0 radical (unpaired) electrons. The number of nitrogens with zero attached hydrogens (tertiary/aromatic N) is 1. The number of nitrogens with one attached hydrogen (secondary N) is 2. The number of nitrogen functional groups attached to an aromatic ring is 1. The monoisotopic (exact) mass is 298 g/mol. The smallest absolute Gasteiger partial charge is 0.258 e. The van der Waals surface area contributed by atoms with Crippen LogP contribution in [0.1, 0.15) is 29.6 Å². The molecule has 0 bridgehead atoms. The van der Waals surface area contributed by atoms with Gasteiger partial charge in [-0.25, -0.2) is 0 Å². The normalized spacial score (nSPS) is 25.6. The predicted octanol–water partition coefficient (Wildman–Crippen LogP) is 0.181. The highest BCUT2D eigenvalue weighted by Crippen LogP contribution is 2.29. The van der Waals surface area contributed by atoms with Crippen molar-refractivity contribution in [1.82, 2.24) is 9.69 Å². The molecule has 3 rings (SSSR count). The molecular formula is C12H18N4O3S. The minimum Gasteiger partial charge on any atom is -0.386 e. The molecule has 0 aromatic carbocycles. The molecule has 1 aliphatic heterocycles. The molecule has 1 atom stereocenters. The largest absolute Gasteiger partial charge is 0.386 e. The molecule has 5 N–H and O–H groups in total. The maximum atomic E-state index is 12.1. The Kier molecular flexibility index (Phi) is 3.53. The van der Waals surface area contributed by atoms with E-state index >= 15 is 0 Å². The number of aliphatic hydroxyl groups is 1. The van der Waals surface area contributed by atoms with Crippen LogP contribution in [0, 0.1) is 0 Å². The number of carbonyl (C=O) groups excluding carboxylic acids is 1. The number of rotatable bonds is 5. The molecule has 1 aromatic rings. The molecule has 1 saturated heterocycles. The van der Waals surface area contributed by atoms with Gasteiger partial charge >= 0.3 is 0 Å². The zero-order chi connectivity index (χ0) is 14.2. The summed E-state index contributed by atoms with van der Waals surface area (Å²) in [4.78, 5) is 12.1. The summed E-state index contributed by atoms with van der Waals surface area (Å²) in [5, 5.41) is 16.8. The van der Waals surface area contributed by atoms with Gasteiger partial charge in [0.2, 0.25) is 0 Å². The second-order valence-corrected chi connectivity index (χ2v) is 6.17. The maximum Gasteiger partial charge on any atom is 0.258 e. The Bertz CT molecular complexity index is 509. The molecular weight excluding hydrogens is 280 g/mol. The van der Waals surface area contributed by atoms with E-state index in [1.807, 2.05) is 0 Å². The summed E-state index contributed by atoms with van der Waals surface area (Å²) < 4.78 is 9.20. The molecule has 110 valence electrons. The van der Waals surface area contributed by atoms with E-state index in [4.69, 9.17) is 10.5 Å². The Hall–Kier alpha value is -1.38. The van der Waals surface area contributed by atoms with Crippen LogP contribution in [-0.4, -0.2) is 46.8 Å². The lowest BCUT2D eigenvalue weighted by atomic mass is 10.0. The lowest BCUT2D eigenvalue weighted by Gasteiger charge is -2.21. The van der Waals surface area contributed by atoms with E-state index in [-0.39, 0.29) is 17.8 Å². The SMILES string of the molecule is Nc1nsc(NCC2(O)CCOC2)c1C(=O)NC1CC1. The molecule has 2 heterocycles. The van der Waals surface area contributed by atoms with E-state index in [9.17, 15) is 9.90 Å². The zero-order valence-electron chi connectivity index (χ0n) is 11.0. The van der Waals surface area contributed by atoms with E-state index in [1.165, 1.54) is 0 Å². The molecule has 1 aromatic heterocycles. The number of ether oxygens (including phenoxy) is 1. The van der Waals surface area contributed by atoms with Gasteiger partial charge in [-0.2, -0.15) is 4.37 Å². The minimum absolute atomic E-state index is 0.198. The quantitative estimate of drug-likeness (QED) is 0.617. The van der Waals surface area contributed by atoms with Crippen molar-refractivity contribution in [2.45, 2.75) is 30.9 Å². The molecule has 20 heavy (non-hydrogen) atoms. The highest BCUT2D eigenvalue weighted by Gasteiger charge is 2.33. The fourth-order valence-corrected chi connectivity index (χ4v) is 2.81. The van der Waals surface area contributed by atoms with E-state index in [0.29, 0.717) is 36.7 Å². The van der Waals surface area contributed by atoms with Crippen molar-refractivity contribution in [2.75, 3.05) is 30.8 Å². The van der Waals surface area contributed by atoms with Crippen LogP contribution in [0.5, 0.6) is 0 Å². The first kappa shape index (κ1) is 13.6. The molecule has 2 aliphatic rings. The molecule has 7 nitrogen and oxygen atoms in total. The van der Waals surface area contributed by atoms with Crippen molar-refractivity contribution in [1.29, 1.82) is 0 Å². The van der Waals surface area contributed by atoms with Gasteiger partial charge in [-0.1, -0.05) is 0 Å². The standard InChI is InChI=1S/C12H18N4O3S/c13-9-8(10(17)15-7-1-2-7)11(20-16-9)14-5-12(18)3-4-19-6-12/h7,14,18H,1-6H2,(H2,13,16)(H,15,17). The Morgan fingerprint density at radius 1 is 1.60 bits per heavy atom. The topological polar surface area (TPSA) is 110 Å². The van der Waals surface area contributed by atoms with Gasteiger partial charge in [-0.3, -0.25) is 4.79 Å². The number of amides is 1. The van der Waals surface area contributed by atoms with Gasteiger partial charge < -0.3 is 26.2 Å². The van der Waals surface area contributed by atoms with Gasteiger partial charge in [0.15, 0.2) is 5.82 Å². The Morgan fingerprint density at radius 2 is 2.40 bits per heavy atom. The number of carbonyl (C=O) groups is 1. The van der Waals surface area contributed by atoms with Gasteiger partial charge in [0.1, 0.15) is 16.2 Å². The first-order valence-corrected chi connectivity index (χ1v) is 7.45. The highest BCUT2D eigenvalue weighted by atomic mass is 32.1. The molecule has 1 saturated carbocycles. The molecule has 1 amide bonds.